The number of alkyl halides is 3. The van der Waals surface area contributed by atoms with Gasteiger partial charge in [-0.15, -0.1) is 0 Å². The molecule has 6 heteroatoms. The van der Waals surface area contributed by atoms with E-state index in [1.807, 2.05) is 0 Å². The van der Waals surface area contributed by atoms with E-state index in [-0.39, 0.29) is 12.4 Å². The van der Waals surface area contributed by atoms with Gasteiger partial charge in [-0.05, 0) is 24.6 Å². The topological polar surface area (TPSA) is 38.7 Å². The summed E-state index contributed by atoms with van der Waals surface area (Å²) >= 11 is 0. The summed E-state index contributed by atoms with van der Waals surface area (Å²) in [5.74, 6) is 0.588. The molecule has 0 atom stereocenters. The van der Waals surface area contributed by atoms with Crippen molar-refractivity contribution < 1.29 is 27.8 Å². The summed E-state index contributed by atoms with van der Waals surface area (Å²) in [6, 6.07) is 4.62. The van der Waals surface area contributed by atoms with Crippen molar-refractivity contribution in [3.05, 3.63) is 23.8 Å². The number of aliphatic hydroxyl groups is 1. The van der Waals surface area contributed by atoms with Crippen LogP contribution in [0.1, 0.15) is 18.9 Å². The lowest BCUT2D eigenvalue weighted by atomic mass is 10.2. The minimum atomic E-state index is -4.24. The van der Waals surface area contributed by atoms with Crippen molar-refractivity contribution in [1.29, 1.82) is 0 Å². The summed E-state index contributed by atoms with van der Waals surface area (Å²) < 4.78 is 46.2. The van der Waals surface area contributed by atoms with Crippen molar-refractivity contribution in [2.45, 2.75) is 26.1 Å². The van der Waals surface area contributed by atoms with Gasteiger partial charge < -0.3 is 14.6 Å². The van der Waals surface area contributed by atoms with Gasteiger partial charge in [-0.25, -0.2) is 0 Å². The highest BCUT2D eigenvalue weighted by atomic mass is 19.4. The Morgan fingerprint density at radius 3 is 2.44 bits per heavy atom. The molecule has 1 aromatic rings. The van der Waals surface area contributed by atoms with Crippen LogP contribution >= 0.6 is 0 Å². The average molecular weight is 264 g/mol. The third-order valence-corrected chi connectivity index (χ3v) is 2.13. The van der Waals surface area contributed by atoms with Crippen LogP contribution in [0, 0.1) is 0 Å². The Hall–Kier alpha value is -1.43. The fraction of sp³-hybridized carbons (Fsp3) is 0.500. The zero-order valence-electron chi connectivity index (χ0n) is 9.96. The molecule has 0 aliphatic heterocycles. The van der Waals surface area contributed by atoms with Gasteiger partial charge in [0, 0.05) is 0 Å². The van der Waals surface area contributed by atoms with Crippen LogP contribution in [0.2, 0.25) is 0 Å². The lowest BCUT2D eigenvalue weighted by Gasteiger charge is -2.13. The molecule has 0 heterocycles. The number of hydrogen-bond acceptors (Lipinski definition) is 3. The second kappa shape index (κ2) is 6.49. The first-order valence-electron chi connectivity index (χ1n) is 5.52. The number of ether oxygens (including phenoxy) is 2. The normalized spacial score (nSPS) is 11.4. The van der Waals surface area contributed by atoms with Crippen LogP contribution in [0.3, 0.4) is 0 Å². The van der Waals surface area contributed by atoms with Crippen LogP contribution in [0.15, 0.2) is 18.2 Å². The molecule has 0 aliphatic carbocycles. The molecule has 0 amide bonds. The molecule has 0 spiro atoms. The van der Waals surface area contributed by atoms with Gasteiger partial charge in [-0.2, -0.15) is 13.2 Å². The molecule has 0 radical (unpaired) electrons. The van der Waals surface area contributed by atoms with Gasteiger partial charge in [-0.3, -0.25) is 0 Å². The predicted octanol–water partition coefficient (Wildman–Crippen LogP) is 2.91. The molecule has 0 bridgehead atoms. The SMILES string of the molecule is CCOc1cc(CO)ccc1OCCC(F)(F)F. The first-order chi connectivity index (χ1) is 8.46. The Balaban J connectivity index is 2.68. The van der Waals surface area contributed by atoms with Crippen LogP contribution in [-0.4, -0.2) is 24.5 Å². The Bertz CT molecular complexity index is 377. The molecule has 0 unspecified atom stereocenters. The lowest BCUT2D eigenvalue weighted by molar-refractivity contribution is -0.139. The highest BCUT2D eigenvalue weighted by molar-refractivity contribution is 5.42. The van der Waals surface area contributed by atoms with E-state index in [9.17, 15) is 13.2 Å². The summed E-state index contributed by atoms with van der Waals surface area (Å²) in [4.78, 5) is 0. The van der Waals surface area contributed by atoms with Crippen molar-refractivity contribution in [3.63, 3.8) is 0 Å². The molecule has 1 N–H and O–H groups in total. The zero-order valence-corrected chi connectivity index (χ0v) is 9.96. The van der Waals surface area contributed by atoms with E-state index in [0.29, 0.717) is 17.9 Å². The summed E-state index contributed by atoms with van der Waals surface area (Å²) in [6.45, 7) is 1.50. The minimum absolute atomic E-state index is 0.164. The summed E-state index contributed by atoms with van der Waals surface area (Å²) in [5, 5.41) is 8.96. The number of aliphatic hydroxyl groups excluding tert-OH is 1. The maximum atomic E-state index is 12.0. The second-order valence-corrected chi connectivity index (χ2v) is 3.59. The van der Waals surface area contributed by atoms with Gasteiger partial charge in [0.1, 0.15) is 0 Å². The fourth-order valence-corrected chi connectivity index (χ4v) is 1.32. The molecule has 1 rings (SSSR count). The molecular weight excluding hydrogens is 249 g/mol. The molecule has 0 fully saturated rings. The van der Waals surface area contributed by atoms with Crippen LogP contribution in [0.5, 0.6) is 11.5 Å². The molecule has 1 aromatic carbocycles. The van der Waals surface area contributed by atoms with Gasteiger partial charge in [0.25, 0.3) is 0 Å². The molecule has 0 saturated heterocycles. The van der Waals surface area contributed by atoms with Crippen LogP contribution in [-0.2, 0) is 6.61 Å². The minimum Gasteiger partial charge on any atom is -0.490 e. The Morgan fingerprint density at radius 1 is 1.17 bits per heavy atom. The summed E-state index contributed by atoms with van der Waals surface area (Å²) in [7, 11) is 0. The van der Waals surface area contributed by atoms with Gasteiger partial charge in [0.15, 0.2) is 11.5 Å². The average Bonchev–Trinajstić information content (AvgIpc) is 2.29. The van der Waals surface area contributed by atoms with Gasteiger partial charge >= 0.3 is 6.18 Å². The molecule has 3 nitrogen and oxygen atoms in total. The first kappa shape index (κ1) is 14.6. The third kappa shape index (κ3) is 4.83. The Morgan fingerprint density at radius 2 is 1.89 bits per heavy atom. The van der Waals surface area contributed by atoms with Crippen molar-refractivity contribution in [2.75, 3.05) is 13.2 Å². The van der Waals surface area contributed by atoms with Gasteiger partial charge in [-0.1, -0.05) is 6.07 Å². The van der Waals surface area contributed by atoms with Gasteiger partial charge in [0.2, 0.25) is 0 Å². The quantitative estimate of drug-likeness (QED) is 0.858. The molecule has 0 saturated carbocycles. The van der Waals surface area contributed by atoms with E-state index in [4.69, 9.17) is 14.6 Å². The standard InChI is InChI=1S/C12H15F3O3/c1-2-17-11-7-9(8-16)3-4-10(11)18-6-5-12(13,14)15/h3-4,7,16H,2,5-6,8H2,1H3. The predicted molar refractivity (Wildman–Crippen MR) is 59.7 cm³/mol. The van der Waals surface area contributed by atoms with E-state index in [1.54, 1.807) is 19.1 Å². The molecular formula is C12H15F3O3. The van der Waals surface area contributed by atoms with Crippen molar-refractivity contribution in [2.24, 2.45) is 0 Å². The third-order valence-electron chi connectivity index (χ3n) is 2.13. The fourth-order valence-electron chi connectivity index (χ4n) is 1.32. The van der Waals surface area contributed by atoms with Crippen molar-refractivity contribution in [1.82, 2.24) is 0 Å². The highest BCUT2D eigenvalue weighted by Gasteiger charge is 2.27. The highest BCUT2D eigenvalue weighted by Crippen LogP contribution is 2.29. The van der Waals surface area contributed by atoms with Crippen molar-refractivity contribution >= 4 is 0 Å². The van der Waals surface area contributed by atoms with Crippen molar-refractivity contribution in [3.8, 4) is 11.5 Å². The Labute approximate surface area is 103 Å². The summed E-state index contributed by atoms with van der Waals surface area (Å²) in [6.07, 6.45) is -5.25. The Kier molecular flexibility index (Phi) is 5.27. The van der Waals surface area contributed by atoms with E-state index < -0.39 is 19.2 Å². The van der Waals surface area contributed by atoms with Crippen LogP contribution in [0.25, 0.3) is 0 Å². The van der Waals surface area contributed by atoms with E-state index in [1.165, 1.54) is 6.07 Å². The number of benzene rings is 1. The maximum Gasteiger partial charge on any atom is 0.392 e. The number of rotatable bonds is 6. The molecule has 18 heavy (non-hydrogen) atoms. The van der Waals surface area contributed by atoms with E-state index in [2.05, 4.69) is 0 Å². The molecule has 0 aromatic heterocycles. The van der Waals surface area contributed by atoms with Crippen LogP contribution in [0.4, 0.5) is 13.2 Å². The van der Waals surface area contributed by atoms with Crippen LogP contribution < -0.4 is 9.47 Å². The second-order valence-electron chi connectivity index (χ2n) is 3.59. The van der Waals surface area contributed by atoms with Gasteiger partial charge in [0.05, 0.1) is 26.2 Å². The smallest absolute Gasteiger partial charge is 0.392 e. The van der Waals surface area contributed by atoms with E-state index >= 15 is 0 Å². The first-order valence-corrected chi connectivity index (χ1v) is 5.52. The zero-order chi connectivity index (χ0) is 13.6. The number of hydrogen-bond donors (Lipinski definition) is 1. The monoisotopic (exact) mass is 264 g/mol. The van der Waals surface area contributed by atoms with E-state index in [0.717, 1.165) is 0 Å². The summed E-state index contributed by atoms with van der Waals surface area (Å²) in [5.41, 5.74) is 0.613. The lowest BCUT2D eigenvalue weighted by Crippen LogP contribution is -2.13. The molecule has 102 valence electrons. The number of halogens is 3. The largest absolute Gasteiger partial charge is 0.490 e. The maximum absolute atomic E-state index is 12.0. The molecule has 0 aliphatic rings.